The van der Waals surface area contributed by atoms with Crippen LogP contribution in [0.25, 0.3) is 10.4 Å². The molecule has 15 heteroatoms. The van der Waals surface area contributed by atoms with Gasteiger partial charge in [-0.15, -0.1) is 0 Å². The molecule has 0 bridgehead atoms. The third kappa shape index (κ3) is 22.9. The predicted molar refractivity (Wildman–Crippen MR) is 192 cm³/mol. The lowest BCUT2D eigenvalue weighted by atomic mass is 9.96. The summed E-state index contributed by atoms with van der Waals surface area (Å²) in [5.41, 5.74) is 8.90. The number of ether oxygens (including phenoxy) is 2. The van der Waals surface area contributed by atoms with Gasteiger partial charge in [0.15, 0.2) is 0 Å². The summed E-state index contributed by atoms with van der Waals surface area (Å²) in [4.78, 5) is 26.6. The molecule has 0 aliphatic carbocycles. The van der Waals surface area contributed by atoms with Crippen molar-refractivity contribution in [2.45, 2.75) is 84.8 Å². The van der Waals surface area contributed by atoms with Crippen LogP contribution in [-0.2, 0) is 33.4 Å². The highest BCUT2D eigenvalue weighted by Gasteiger charge is 2.24. The summed E-state index contributed by atoms with van der Waals surface area (Å²) in [6, 6.07) is 14.1. The quantitative estimate of drug-likeness (QED) is 0.0742. The lowest BCUT2D eigenvalue weighted by molar-refractivity contribution is -0.156. The molecule has 0 spiro atoms. The molecule has 0 N–H and O–H groups in total. The van der Waals surface area contributed by atoms with E-state index in [1.807, 2.05) is 26.8 Å². The van der Waals surface area contributed by atoms with E-state index >= 15 is 0 Å². The summed E-state index contributed by atoms with van der Waals surface area (Å²) < 4.78 is 37.8. The van der Waals surface area contributed by atoms with Crippen LogP contribution >= 0.6 is 50.2 Å². The second-order valence-electron chi connectivity index (χ2n) is 11.5. The maximum Gasteiger partial charge on any atom is 0.307 e. The van der Waals surface area contributed by atoms with Crippen LogP contribution in [0.15, 0.2) is 53.6 Å². The molecule has 0 heterocycles. The van der Waals surface area contributed by atoms with E-state index < -0.39 is 33.2 Å². The Morgan fingerprint density at radius 1 is 0.844 bits per heavy atom. The molecule has 0 amide bonds. The fourth-order valence-corrected chi connectivity index (χ4v) is 4.40. The van der Waals surface area contributed by atoms with E-state index in [0.29, 0.717) is 10.0 Å². The molecule has 2 aromatic carbocycles. The normalized spacial score (nSPS) is 12.2. The van der Waals surface area contributed by atoms with Crippen LogP contribution in [0.4, 0.5) is 0 Å². The Labute approximate surface area is 292 Å². The maximum absolute atomic E-state index is 12.0. The van der Waals surface area contributed by atoms with E-state index in [1.54, 1.807) is 63.2 Å². The van der Waals surface area contributed by atoms with Gasteiger partial charge in [-0.25, -0.2) is 0 Å². The number of hydrogen-bond acceptors (Lipinski definition) is 8. The number of nitrogens with zero attached hydrogens (tertiary/aromatic N) is 3. The van der Waals surface area contributed by atoms with Crippen LogP contribution in [0.3, 0.4) is 0 Å². The zero-order valence-electron chi connectivity index (χ0n) is 26.0. The third-order valence-electron chi connectivity index (χ3n) is 5.15. The lowest BCUT2D eigenvalue weighted by Crippen LogP contribution is -2.26. The van der Waals surface area contributed by atoms with E-state index in [2.05, 4.69) is 10.0 Å². The number of benzene rings is 2. The number of esters is 2. The Kier molecular flexibility index (Phi) is 22.7. The zero-order valence-corrected chi connectivity index (χ0v) is 30.3. The Balaban J connectivity index is -0.000000738. The average Bonchev–Trinajstić information content (AvgIpc) is 2.82. The van der Waals surface area contributed by atoms with E-state index in [-0.39, 0.29) is 72.3 Å². The topological polar surface area (TPSA) is 145 Å². The summed E-state index contributed by atoms with van der Waals surface area (Å²) in [5.74, 6) is -1.44. The average molecular weight is 729 g/mol. The molecule has 2 aromatic rings. The van der Waals surface area contributed by atoms with Crippen molar-refractivity contribution in [1.82, 2.24) is 0 Å². The van der Waals surface area contributed by atoms with Gasteiger partial charge in [0, 0.05) is 27.4 Å². The second kappa shape index (κ2) is 21.6. The van der Waals surface area contributed by atoms with Crippen molar-refractivity contribution in [1.29, 1.82) is 0 Å². The van der Waals surface area contributed by atoms with Crippen molar-refractivity contribution in [3.8, 4) is 0 Å². The molecule has 0 saturated carbocycles. The lowest BCUT2D eigenvalue weighted by Gasteiger charge is -2.22. The number of carbonyl (C=O) groups excluding carboxylic acids is 2. The minimum atomic E-state index is -3.59. The zero-order chi connectivity index (χ0) is 32.1. The minimum absolute atomic E-state index is 0. The fraction of sp³-hybridized carbons (Fsp3) is 0.533. The van der Waals surface area contributed by atoms with Crippen LogP contribution in [0.5, 0.6) is 0 Å². The first-order valence-electron chi connectivity index (χ1n) is 13.1. The second-order valence-corrected chi connectivity index (χ2v) is 14.0. The first kappa shape index (κ1) is 47.3. The first-order chi connectivity index (χ1) is 19.3. The van der Waals surface area contributed by atoms with Crippen LogP contribution in [0.1, 0.15) is 84.8 Å². The SMILES string of the molecule is C.CC(C)(C)OC(=O)C[C@H](CN=[N+]=[N-])c1cccc(Cl)c1.CC(C)(C)OC(=O)C[C@H](COS(C)(=O)=O)c1cccc(Cl)c1.S.S. The molecular formula is C30H47Cl2N3O7S3. The Hall–Kier alpha value is -2.12. The molecule has 0 aliphatic rings. The number of rotatable bonds is 11. The third-order valence-corrected chi connectivity index (χ3v) is 6.19. The molecule has 256 valence electrons. The van der Waals surface area contributed by atoms with Gasteiger partial charge >= 0.3 is 11.9 Å². The molecule has 0 aliphatic heterocycles. The monoisotopic (exact) mass is 727 g/mol. The van der Waals surface area contributed by atoms with Crippen LogP contribution < -0.4 is 0 Å². The van der Waals surface area contributed by atoms with Gasteiger partial charge in [0.25, 0.3) is 10.1 Å². The molecule has 0 aromatic heterocycles. The summed E-state index contributed by atoms with van der Waals surface area (Å²) >= 11 is 11.9. The molecule has 45 heavy (non-hydrogen) atoms. The van der Waals surface area contributed by atoms with Crippen LogP contribution in [0.2, 0.25) is 10.0 Å². The minimum Gasteiger partial charge on any atom is -0.460 e. The number of carbonyl (C=O) groups is 2. The highest BCUT2D eigenvalue weighted by molar-refractivity contribution is 7.85. The Morgan fingerprint density at radius 3 is 1.60 bits per heavy atom. The van der Waals surface area contributed by atoms with E-state index in [4.69, 9.17) is 42.4 Å². The van der Waals surface area contributed by atoms with Crippen LogP contribution in [-0.4, -0.2) is 51.0 Å². The summed E-state index contributed by atoms with van der Waals surface area (Å²) in [6.07, 6.45) is 1.12. The van der Waals surface area contributed by atoms with E-state index in [0.717, 1.165) is 17.4 Å². The van der Waals surface area contributed by atoms with Gasteiger partial charge in [-0.05, 0) is 88.4 Å². The number of azide groups is 1. The van der Waals surface area contributed by atoms with Crippen molar-refractivity contribution in [2.75, 3.05) is 19.4 Å². The predicted octanol–water partition coefficient (Wildman–Crippen LogP) is 8.46. The van der Waals surface area contributed by atoms with Gasteiger partial charge in [-0.2, -0.15) is 35.4 Å². The summed E-state index contributed by atoms with van der Waals surface area (Å²) in [7, 11) is -3.59. The fourth-order valence-electron chi connectivity index (χ4n) is 3.59. The maximum atomic E-state index is 12.0. The first-order valence-corrected chi connectivity index (χ1v) is 15.6. The van der Waals surface area contributed by atoms with Gasteiger partial charge in [0.2, 0.25) is 0 Å². The van der Waals surface area contributed by atoms with Crippen molar-refractivity contribution in [2.24, 2.45) is 5.11 Å². The Morgan fingerprint density at radius 2 is 1.24 bits per heavy atom. The summed E-state index contributed by atoms with van der Waals surface area (Å²) in [5, 5.41) is 4.64. The van der Waals surface area contributed by atoms with Crippen molar-refractivity contribution in [3.05, 3.63) is 80.1 Å². The van der Waals surface area contributed by atoms with Gasteiger partial charge in [0.05, 0.1) is 25.7 Å². The molecular weight excluding hydrogens is 681 g/mol. The number of halogens is 2. The summed E-state index contributed by atoms with van der Waals surface area (Å²) in [6.45, 7) is 10.8. The van der Waals surface area contributed by atoms with Gasteiger partial charge < -0.3 is 9.47 Å². The highest BCUT2D eigenvalue weighted by atomic mass is 35.5. The van der Waals surface area contributed by atoms with E-state index in [1.165, 1.54) is 0 Å². The molecule has 0 fully saturated rings. The van der Waals surface area contributed by atoms with Gasteiger partial charge in [0.1, 0.15) is 11.2 Å². The van der Waals surface area contributed by atoms with E-state index in [9.17, 15) is 18.0 Å². The Bertz CT molecular complexity index is 1360. The van der Waals surface area contributed by atoms with Crippen LogP contribution in [0, 0.1) is 0 Å². The van der Waals surface area contributed by atoms with Crippen molar-refractivity contribution >= 4 is 72.3 Å². The van der Waals surface area contributed by atoms with Crippen molar-refractivity contribution in [3.63, 3.8) is 0 Å². The molecule has 2 rings (SSSR count). The molecule has 0 saturated heterocycles. The highest BCUT2D eigenvalue weighted by Crippen LogP contribution is 2.26. The smallest absolute Gasteiger partial charge is 0.307 e. The van der Waals surface area contributed by atoms with Crippen molar-refractivity contribution < 1.29 is 31.7 Å². The largest absolute Gasteiger partial charge is 0.460 e. The molecule has 0 unspecified atom stereocenters. The molecule has 2 atom stereocenters. The van der Waals surface area contributed by atoms with Gasteiger partial charge in [-0.1, -0.05) is 60.0 Å². The number of hydrogen-bond donors (Lipinski definition) is 0. The molecule has 0 radical (unpaired) electrons. The molecule has 10 nitrogen and oxygen atoms in total. The van der Waals surface area contributed by atoms with Gasteiger partial charge in [-0.3, -0.25) is 13.8 Å². The standard InChI is InChI=1S/C15H21ClO5S.C14H18ClN3O2.CH4.2H2S/c1-15(2,3)21-14(17)9-12(10-20-22(4,18)19)11-6-5-7-13(16)8-11;1-14(2,3)20-13(19)8-11(9-17-18-16)10-5-4-6-12(15)7-10;;;/h5-8,12H,9-10H2,1-4H3;4-7,11H,8-9H2,1-3H3;1H4;2*1H2/t12-;11-;;;/m11.../s1.